The van der Waals surface area contributed by atoms with Crippen molar-refractivity contribution < 1.29 is 23.9 Å². The van der Waals surface area contributed by atoms with E-state index in [9.17, 15) is 14.4 Å². The summed E-state index contributed by atoms with van der Waals surface area (Å²) in [6.07, 6.45) is -1.38. The molecule has 7 nitrogen and oxygen atoms in total. The number of ether oxygens (including phenoxy) is 2. The summed E-state index contributed by atoms with van der Waals surface area (Å²) in [7, 11) is 0. The Morgan fingerprint density at radius 1 is 1.45 bits per heavy atom. The van der Waals surface area contributed by atoms with Crippen molar-refractivity contribution in [3.05, 3.63) is 29.8 Å². The van der Waals surface area contributed by atoms with E-state index >= 15 is 0 Å². The topological polar surface area (TPSA) is 98.9 Å². The minimum atomic E-state index is -0.941. The van der Waals surface area contributed by atoms with Crippen LogP contribution in [0.3, 0.4) is 0 Å². The van der Waals surface area contributed by atoms with Crippen LogP contribution in [0.4, 0.5) is 15.3 Å². The lowest BCUT2D eigenvalue weighted by Gasteiger charge is -2.17. The molecule has 1 atom stereocenters. The van der Waals surface area contributed by atoms with Crippen molar-refractivity contribution in [1.82, 2.24) is 0 Å². The Balaban J connectivity index is 2.14. The maximum atomic E-state index is 11.4. The van der Waals surface area contributed by atoms with Gasteiger partial charge in [0.15, 0.2) is 0 Å². The van der Waals surface area contributed by atoms with Gasteiger partial charge in [0.25, 0.3) is 0 Å². The van der Waals surface area contributed by atoms with Crippen molar-refractivity contribution in [2.75, 3.05) is 18.1 Å². The lowest BCUT2D eigenvalue weighted by molar-refractivity contribution is -0.109. The highest BCUT2D eigenvalue weighted by atomic mass is 16.6. The van der Waals surface area contributed by atoms with E-state index in [1.165, 1.54) is 4.90 Å². The molecule has 0 saturated carbocycles. The summed E-state index contributed by atoms with van der Waals surface area (Å²) >= 11 is 0. The van der Waals surface area contributed by atoms with E-state index in [1.54, 1.807) is 24.3 Å². The van der Waals surface area contributed by atoms with Gasteiger partial charge in [-0.05, 0) is 17.7 Å². The summed E-state index contributed by atoms with van der Waals surface area (Å²) in [5.74, 6) is 0. The fraction of sp³-hybridized carbons (Fsp3) is 0.308. The molecule has 1 aliphatic heterocycles. The van der Waals surface area contributed by atoms with Gasteiger partial charge in [-0.25, -0.2) is 9.59 Å². The van der Waals surface area contributed by atoms with E-state index in [1.807, 2.05) is 0 Å². The van der Waals surface area contributed by atoms with Crippen LogP contribution in [0.5, 0.6) is 0 Å². The van der Waals surface area contributed by atoms with Crippen LogP contribution in [0.1, 0.15) is 18.1 Å². The van der Waals surface area contributed by atoms with Crippen LogP contribution in [0.15, 0.2) is 24.3 Å². The molecule has 0 unspecified atom stereocenters. The van der Waals surface area contributed by atoms with E-state index in [0.29, 0.717) is 30.7 Å². The summed E-state index contributed by atoms with van der Waals surface area (Å²) < 4.78 is 9.71. The zero-order chi connectivity index (χ0) is 14.5. The fourth-order valence-corrected chi connectivity index (χ4v) is 1.98. The molecule has 20 heavy (non-hydrogen) atoms. The number of carbonyl (C=O) groups is 3. The van der Waals surface area contributed by atoms with E-state index in [4.69, 9.17) is 15.2 Å². The number of hydrogen-bond donors (Lipinski definition) is 1. The van der Waals surface area contributed by atoms with E-state index in [0.717, 1.165) is 0 Å². The molecule has 0 aromatic heterocycles. The molecule has 0 spiro atoms. The first kappa shape index (κ1) is 13.9. The lowest BCUT2D eigenvalue weighted by Crippen LogP contribution is -2.23. The van der Waals surface area contributed by atoms with Crippen molar-refractivity contribution in [3.63, 3.8) is 0 Å². The number of benzene rings is 1. The average molecular weight is 278 g/mol. The lowest BCUT2D eigenvalue weighted by atomic mass is 10.1. The molecular weight excluding hydrogens is 264 g/mol. The number of nitrogens with two attached hydrogens (primary N) is 1. The molecule has 0 aliphatic carbocycles. The number of rotatable bonds is 5. The van der Waals surface area contributed by atoms with Gasteiger partial charge in [-0.3, -0.25) is 4.90 Å². The third-order valence-electron chi connectivity index (χ3n) is 2.91. The number of aldehydes is 1. The maximum Gasteiger partial charge on any atom is 0.414 e. The number of cyclic esters (lactones) is 1. The second-order valence-corrected chi connectivity index (χ2v) is 4.19. The Labute approximate surface area is 115 Å². The molecule has 1 fully saturated rings. The van der Waals surface area contributed by atoms with Crippen molar-refractivity contribution >= 4 is 24.2 Å². The SMILES string of the molecule is NC(=O)O[C@H](CC=O)c1ccc(N2CCOC2=O)cc1. The minimum absolute atomic E-state index is 0.0219. The highest BCUT2D eigenvalue weighted by Gasteiger charge is 2.24. The maximum absolute atomic E-state index is 11.4. The smallest absolute Gasteiger partial charge is 0.414 e. The van der Waals surface area contributed by atoms with Gasteiger partial charge in [-0.2, -0.15) is 0 Å². The van der Waals surface area contributed by atoms with Crippen molar-refractivity contribution in [3.8, 4) is 0 Å². The predicted molar refractivity (Wildman–Crippen MR) is 69.2 cm³/mol. The Kier molecular flexibility index (Phi) is 4.19. The zero-order valence-electron chi connectivity index (χ0n) is 10.7. The standard InChI is InChI=1S/C13H14N2O5/c14-12(17)20-11(5-7-16)9-1-3-10(4-2-9)15-6-8-19-13(15)18/h1-4,7,11H,5-6,8H2,(H2,14,17)/t11-/m1/s1. The number of carbonyl (C=O) groups excluding carboxylic acids is 3. The Morgan fingerprint density at radius 2 is 2.15 bits per heavy atom. The fourth-order valence-electron chi connectivity index (χ4n) is 1.98. The van der Waals surface area contributed by atoms with E-state index in [-0.39, 0.29) is 6.42 Å². The molecule has 0 bridgehead atoms. The zero-order valence-corrected chi connectivity index (χ0v) is 10.7. The van der Waals surface area contributed by atoms with Crippen molar-refractivity contribution in [1.29, 1.82) is 0 Å². The summed E-state index contributed by atoms with van der Waals surface area (Å²) in [5, 5.41) is 0. The van der Waals surface area contributed by atoms with Crippen LogP contribution >= 0.6 is 0 Å². The van der Waals surface area contributed by atoms with Gasteiger partial charge >= 0.3 is 12.2 Å². The molecule has 1 heterocycles. The molecule has 106 valence electrons. The molecular formula is C13H14N2O5. The van der Waals surface area contributed by atoms with Crippen molar-refractivity contribution in [2.24, 2.45) is 5.73 Å². The Morgan fingerprint density at radius 3 is 2.65 bits per heavy atom. The monoisotopic (exact) mass is 278 g/mol. The molecule has 1 saturated heterocycles. The second kappa shape index (κ2) is 6.05. The van der Waals surface area contributed by atoms with Gasteiger partial charge in [-0.1, -0.05) is 12.1 Å². The highest BCUT2D eigenvalue weighted by molar-refractivity contribution is 5.89. The number of primary amides is 1. The van der Waals surface area contributed by atoms with Crippen LogP contribution in [-0.2, 0) is 14.3 Å². The Bertz CT molecular complexity index is 514. The second-order valence-electron chi connectivity index (χ2n) is 4.19. The molecule has 2 rings (SSSR count). The Hall–Kier alpha value is -2.57. The van der Waals surface area contributed by atoms with Crippen LogP contribution in [0, 0.1) is 0 Å². The molecule has 7 heteroatoms. The van der Waals surface area contributed by atoms with Gasteiger partial charge in [0.2, 0.25) is 0 Å². The van der Waals surface area contributed by atoms with Gasteiger partial charge in [0.05, 0.1) is 6.54 Å². The van der Waals surface area contributed by atoms with Gasteiger partial charge in [0.1, 0.15) is 19.0 Å². The predicted octanol–water partition coefficient (Wildman–Crippen LogP) is 1.37. The first-order valence-corrected chi connectivity index (χ1v) is 6.06. The number of hydrogen-bond acceptors (Lipinski definition) is 5. The van der Waals surface area contributed by atoms with E-state index in [2.05, 4.69) is 0 Å². The third-order valence-corrected chi connectivity index (χ3v) is 2.91. The molecule has 1 aromatic rings. The normalized spacial score (nSPS) is 15.6. The molecule has 1 aliphatic rings. The van der Waals surface area contributed by atoms with Gasteiger partial charge in [0, 0.05) is 12.1 Å². The molecule has 0 radical (unpaired) electrons. The minimum Gasteiger partial charge on any atom is -0.447 e. The number of amides is 2. The van der Waals surface area contributed by atoms with E-state index < -0.39 is 18.3 Å². The number of nitrogens with zero attached hydrogens (tertiary/aromatic N) is 1. The van der Waals surface area contributed by atoms with Crippen LogP contribution < -0.4 is 10.6 Å². The van der Waals surface area contributed by atoms with Gasteiger partial charge < -0.3 is 20.0 Å². The first-order chi connectivity index (χ1) is 9.61. The summed E-state index contributed by atoms with van der Waals surface area (Å²) in [4.78, 5) is 34.3. The van der Waals surface area contributed by atoms with Gasteiger partial charge in [-0.15, -0.1) is 0 Å². The molecule has 1 aromatic carbocycles. The largest absolute Gasteiger partial charge is 0.447 e. The highest BCUT2D eigenvalue weighted by Crippen LogP contribution is 2.25. The van der Waals surface area contributed by atoms with Crippen molar-refractivity contribution in [2.45, 2.75) is 12.5 Å². The first-order valence-electron chi connectivity index (χ1n) is 6.06. The summed E-state index contributed by atoms with van der Waals surface area (Å²) in [6.45, 7) is 0.854. The summed E-state index contributed by atoms with van der Waals surface area (Å²) in [6, 6.07) is 6.75. The molecule has 2 N–H and O–H groups in total. The quantitative estimate of drug-likeness (QED) is 0.820. The number of anilines is 1. The van der Waals surface area contributed by atoms with Crippen LogP contribution in [-0.4, -0.2) is 31.6 Å². The van der Waals surface area contributed by atoms with Crippen LogP contribution in [0.2, 0.25) is 0 Å². The average Bonchev–Trinajstić information content (AvgIpc) is 2.84. The molecule has 2 amide bonds. The third kappa shape index (κ3) is 3.05. The van der Waals surface area contributed by atoms with Crippen LogP contribution in [0.25, 0.3) is 0 Å². The summed E-state index contributed by atoms with van der Waals surface area (Å²) in [5.41, 5.74) is 6.27.